The largest absolute Gasteiger partial charge is 0.480 e. The minimum atomic E-state index is -0.970. The molecule has 0 saturated heterocycles. The lowest BCUT2D eigenvalue weighted by molar-refractivity contribution is -0.142. The Hall–Kier alpha value is -1.06. The van der Waals surface area contributed by atoms with Crippen LogP contribution in [0.4, 0.5) is 0 Å². The summed E-state index contributed by atoms with van der Waals surface area (Å²) in [5.41, 5.74) is 0.0204. The van der Waals surface area contributed by atoms with Crippen molar-refractivity contribution in [3.8, 4) is 0 Å². The molecule has 0 spiro atoms. The normalized spacial score (nSPS) is 14.2. The summed E-state index contributed by atoms with van der Waals surface area (Å²) in [4.78, 5) is 22.0. The van der Waals surface area contributed by atoms with Crippen LogP contribution in [-0.4, -0.2) is 23.0 Å². The molecule has 1 unspecified atom stereocenters. The SMILES string of the molecule is CC(=O)NC(CC(C)(C)CC(C)(C)C)C(=O)O. The first-order chi connectivity index (χ1) is 7.43. The van der Waals surface area contributed by atoms with Gasteiger partial charge in [0.1, 0.15) is 6.04 Å². The first kappa shape index (κ1) is 15.9. The Morgan fingerprint density at radius 2 is 1.65 bits per heavy atom. The van der Waals surface area contributed by atoms with E-state index < -0.39 is 12.0 Å². The maximum atomic E-state index is 11.1. The van der Waals surface area contributed by atoms with Gasteiger partial charge in [-0.2, -0.15) is 0 Å². The van der Waals surface area contributed by atoms with Crippen molar-refractivity contribution in [3.63, 3.8) is 0 Å². The third-order valence-corrected chi connectivity index (χ3v) is 2.44. The number of aliphatic carboxylic acids is 1. The zero-order valence-corrected chi connectivity index (χ0v) is 11.8. The molecule has 0 saturated carbocycles. The Balaban J connectivity index is 4.63. The van der Waals surface area contributed by atoms with Crippen LogP contribution in [0.5, 0.6) is 0 Å². The summed E-state index contributed by atoms with van der Waals surface area (Å²) in [6.45, 7) is 11.8. The highest BCUT2D eigenvalue weighted by Crippen LogP contribution is 2.36. The molecule has 100 valence electrons. The van der Waals surface area contributed by atoms with E-state index in [0.717, 1.165) is 6.42 Å². The second-order valence-electron chi connectivity index (χ2n) is 6.70. The summed E-state index contributed by atoms with van der Waals surface area (Å²) < 4.78 is 0. The number of carbonyl (C=O) groups is 2. The Labute approximate surface area is 104 Å². The number of hydrogen-bond donors (Lipinski definition) is 2. The lowest BCUT2D eigenvalue weighted by atomic mass is 9.73. The van der Waals surface area contributed by atoms with Crippen LogP contribution in [0.2, 0.25) is 0 Å². The first-order valence-corrected chi connectivity index (χ1v) is 5.93. The van der Waals surface area contributed by atoms with Crippen molar-refractivity contribution < 1.29 is 14.7 Å². The Kier molecular flexibility index (Phi) is 5.17. The molecule has 0 aromatic carbocycles. The van der Waals surface area contributed by atoms with Gasteiger partial charge in [-0.1, -0.05) is 34.6 Å². The van der Waals surface area contributed by atoms with E-state index in [2.05, 4.69) is 26.1 Å². The number of nitrogens with one attached hydrogen (secondary N) is 1. The van der Waals surface area contributed by atoms with Gasteiger partial charge in [-0.05, 0) is 23.7 Å². The topological polar surface area (TPSA) is 66.4 Å². The molecule has 0 aliphatic carbocycles. The van der Waals surface area contributed by atoms with Crippen molar-refractivity contribution in [1.82, 2.24) is 5.32 Å². The average molecular weight is 243 g/mol. The summed E-state index contributed by atoms with van der Waals surface area (Å²) in [6.07, 6.45) is 1.35. The predicted octanol–water partition coefficient (Wildman–Crippen LogP) is 2.43. The molecule has 0 bridgehead atoms. The van der Waals surface area contributed by atoms with Crippen molar-refractivity contribution in [2.75, 3.05) is 0 Å². The van der Waals surface area contributed by atoms with Gasteiger partial charge < -0.3 is 10.4 Å². The highest BCUT2D eigenvalue weighted by atomic mass is 16.4. The molecular weight excluding hydrogens is 218 g/mol. The standard InChI is InChI=1S/C13H25NO3/c1-9(15)14-10(11(16)17)7-13(5,6)8-12(2,3)4/h10H,7-8H2,1-6H3,(H,14,15)(H,16,17). The van der Waals surface area contributed by atoms with Crippen LogP contribution in [0.3, 0.4) is 0 Å². The molecule has 0 aromatic rings. The lowest BCUT2D eigenvalue weighted by Gasteiger charge is -2.34. The average Bonchev–Trinajstić information content (AvgIpc) is 1.95. The summed E-state index contributed by atoms with van der Waals surface area (Å²) in [6, 6.07) is -0.801. The van der Waals surface area contributed by atoms with Crippen molar-refractivity contribution >= 4 is 11.9 Å². The van der Waals surface area contributed by atoms with Crippen LogP contribution in [0, 0.1) is 10.8 Å². The van der Waals surface area contributed by atoms with Crippen molar-refractivity contribution in [2.24, 2.45) is 10.8 Å². The molecule has 0 aliphatic rings. The van der Waals surface area contributed by atoms with Crippen LogP contribution in [0.15, 0.2) is 0 Å². The van der Waals surface area contributed by atoms with E-state index in [0.29, 0.717) is 6.42 Å². The molecule has 1 amide bonds. The van der Waals surface area contributed by atoms with E-state index in [-0.39, 0.29) is 16.7 Å². The van der Waals surface area contributed by atoms with Crippen molar-refractivity contribution in [3.05, 3.63) is 0 Å². The smallest absolute Gasteiger partial charge is 0.326 e. The molecular formula is C13H25NO3. The first-order valence-electron chi connectivity index (χ1n) is 5.93. The fourth-order valence-electron chi connectivity index (χ4n) is 2.51. The fourth-order valence-corrected chi connectivity index (χ4v) is 2.51. The van der Waals surface area contributed by atoms with Gasteiger partial charge in [0.15, 0.2) is 0 Å². The molecule has 17 heavy (non-hydrogen) atoms. The Bertz CT molecular complexity index is 290. The van der Waals surface area contributed by atoms with E-state index in [1.165, 1.54) is 6.92 Å². The second kappa shape index (κ2) is 5.52. The second-order valence-corrected chi connectivity index (χ2v) is 6.70. The predicted molar refractivity (Wildman–Crippen MR) is 67.7 cm³/mol. The van der Waals surface area contributed by atoms with E-state index in [1.807, 2.05) is 13.8 Å². The lowest BCUT2D eigenvalue weighted by Crippen LogP contribution is -2.43. The van der Waals surface area contributed by atoms with Crippen LogP contribution in [-0.2, 0) is 9.59 Å². The molecule has 0 rings (SSSR count). The maximum Gasteiger partial charge on any atom is 0.326 e. The van der Waals surface area contributed by atoms with Gasteiger partial charge in [-0.15, -0.1) is 0 Å². The minimum absolute atomic E-state index is 0.121. The van der Waals surface area contributed by atoms with E-state index >= 15 is 0 Å². The summed E-state index contributed by atoms with van der Waals surface area (Å²) in [5.74, 6) is -1.27. The van der Waals surface area contributed by atoms with Gasteiger partial charge >= 0.3 is 5.97 Å². The molecule has 2 N–H and O–H groups in total. The number of rotatable bonds is 5. The van der Waals surface area contributed by atoms with Crippen molar-refractivity contribution in [1.29, 1.82) is 0 Å². The third-order valence-electron chi connectivity index (χ3n) is 2.44. The van der Waals surface area contributed by atoms with Crippen LogP contribution in [0.1, 0.15) is 54.4 Å². The molecule has 0 radical (unpaired) electrons. The molecule has 0 aromatic heterocycles. The highest BCUT2D eigenvalue weighted by Gasteiger charge is 2.31. The zero-order chi connectivity index (χ0) is 13.9. The van der Waals surface area contributed by atoms with E-state index in [4.69, 9.17) is 5.11 Å². The fraction of sp³-hybridized carbons (Fsp3) is 0.846. The number of hydrogen-bond acceptors (Lipinski definition) is 2. The van der Waals surface area contributed by atoms with Gasteiger partial charge in [0.2, 0.25) is 5.91 Å². The third kappa shape index (κ3) is 7.77. The zero-order valence-electron chi connectivity index (χ0n) is 11.8. The van der Waals surface area contributed by atoms with Gasteiger partial charge in [0.25, 0.3) is 0 Å². The van der Waals surface area contributed by atoms with Crippen LogP contribution in [0.25, 0.3) is 0 Å². The Morgan fingerprint density at radius 3 is 1.94 bits per heavy atom. The maximum absolute atomic E-state index is 11.1. The minimum Gasteiger partial charge on any atom is -0.480 e. The Morgan fingerprint density at radius 1 is 1.18 bits per heavy atom. The summed E-state index contributed by atoms with van der Waals surface area (Å²) >= 11 is 0. The highest BCUT2D eigenvalue weighted by molar-refractivity contribution is 5.82. The number of amides is 1. The monoisotopic (exact) mass is 243 g/mol. The molecule has 1 atom stereocenters. The molecule has 0 aliphatic heterocycles. The molecule has 0 fully saturated rings. The summed E-state index contributed by atoms with van der Waals surface area (Å²) in [5, 5.41) is 11.6. The molecule has 4 nitrogen and oxygen atoms in total. The number of carbonyl (C=O) groups excluding carboxylic acids is 1. The van der Waals surface area contributed by atoms with Crippen molar-refractivity contribution in [2.45, 2.75) is 60.4 Å². The molecule has 0 heterocycles. The van der Waals surface area contributed by atoms with Crippen LogP contribution < -0.4 is 5.32 Å². The van der Waals surface area contributed by atoms with Gasteiger partial charge in [-0.25, -0.2) is 4.79 Å². The van der Waals surface area contributed by atoms with Gasteiger partial charge in [0, 0.05) is 6.92 Å². The quantitative estimate of drug-likeness (QED) is 0.779. The van der Waals surface area contributed by atoms with E-state index in [9.17, 15) is 9.59 Å². The number of carboxylic acids is 1. The van der Waals surface area contributed by atoms with Crippen LogP contribution >= 0.6 is 0 Å². The van der Waals surface area contributed by atoms with E-state index in [1.54, 1.807) is 0 Å². The van der Waals surface area contributed by atoms with Gasteiger partial charge in [-0.3, -0.25) is 4.79 Å². The van der Waals surface area contributed by atoms with Gasteiger partial charge in [0.05, 0.1) is 0 Å². The summed E-state index contributed by atoms with van der Waals surface area (Å²) in [7, 11) is 0. The molecule has 4 heteroatoms. The number of carboxylic acid groups (broad SMARTS) is 1.